The Hall–Kier alpha value is -1.51. The van der Waals surface area contributed by atoms with Crippen LogP contribution in [0.25, 0.3) is 0 Å². The van der Waals surface area contributed by atoms with Crippen LogP contribution in [0.5, 0.6) is 0 Å². The van der Waals surface area contributed by atoms with Crippen LogP contribution in [0.4, 0.5) is 0 Å². The Morgan fingerprint density at radius 1 is 1.60 bits per heavy atom. The number of aliphatic hydroxyl groups excluding tert-OH is 1. The third kappa shape index (κ3) is 4.55. The second-order valence-corrected chi connectivity index (χ2v) is 5.39. The quantitative estimate of drug-likeness (QED) is 0.838. The molecule has 1 aromatic rings. The van der Waals surface area contributed by atoms with Crippen molar-refractivity contribution in [1.29, 1.82) is 0 Å². The monoisotopic (exact) mass is 292 g/mol. The van der Waals surface area contributed by atoms with Gasteiger partial charge in [-0.05, 0) is 37.5 Å². The first kappa shape index (κ1) is 16.5. The van der Waals surface area contributed by atoms with Gasteiger partial charge in [-0.15, -0.1) is 0 Å². The highest BCUT2D eigenvalue weighted by Crippen LogP contribution is 2.12. The Morgan fingerprint density at radius 2 is 2.35 bits per heavy atom. The van der Waals surface area contributed by atoms with Gasteiger partial charge in [0.25, 0.3) is 5.91 Å². The molecule has 0 saturated heterocycles. The van der Waals surface area contributed by atoms with Crippen LogP contribution in [0.3, 0.4) is 0 Å². The molecule has 0 aliphatic heterocycles. The van der Waals surface area contributed by atoms with E-state index < -0.39 is 0 Å². The highest BCUT2D eigenvalue weighted by atomic mass is 32.2. The molecule has 0 spiro atoms. The highest BCUT2D eigenvalue weighted by molar-refractivity contribution is 7.98. The largest absolute Gasteiger partial charge is 0.384 e. The summed E-state index contributed by atoms with van der Waals surface area (Å²) in [5.74, 6) is 6.19. The van der Waals surface area contributed by atoms with E-state index in [1.165, 1.54) is 0 Å². The number of amides is 1. The van der Waals surface area contributed by atoms with Crippen LogP contribution >= 0.6 is 11.8 Å². The number of carbonyl (C=O) groups is 1. The fourth-order valence-electron chi connectivity index (χ4n) is 1.66. The standard InChI is InChI=1S/C15H20N2O2S/c1-12(8-11-20-3)17(2)15(19)14-13(7-5-10-18)6-4-9-16-14/h4,6,9,12,18H,8,10-11H2,1-3H3. The maximum Gasteiger partial charge on any atom is 0.273 e. The molecular formula is C15H20N2O2S. The zero-order valence-electron chi connectivity index (χ0n) is 12.1. The van der Waals surface area contributed by atoms with Gasteiger partial charge in [0.2, 0.25) is 0 Å². The van der Waals surface area contributed by atoms with Crippen molar-refractivity contribution in [2.24, 2.45) is 0 Å². The first-order chi connectivity index (χ1) is 9.61. The van der Waals surface area contributed by atoms with Crippen LogP contribution in [-0.4, -0.2) is 52.6 Å². The Labute approximate surface area is 124 Å². The van der Waals surface area contributed by atoms with E-state index in [1.807, 2.05) is 6.92 Å². The van der Waals surface area contributed by atoms with Crippen molar-refractivity contribution in [3.8, 4) is 11.8 Å². The summed E-state index contributed by atoms with van der Waals surface area (Å²) >= 11 is 1.77. The predicted octanol–water partition coefficient (Wildman–Crippen LogP) is 1.64. The predicted molar refractivity (Wildman–Crippen MR) is 82.8 cm³/mol. The van der Waals surface area contributed by atoms with Crippen LogP contribution in [0.2, 0.25) is 0 Å². The van der Waals surface area contributed by atoms with Gasteiger partial charge in [-0.2, -0.15) is 11.8 Å². The lowest BCUT2D eigenvalue weighted by atomic mass is 10.1. The molecule has 1 atom stereocenters. The maximum absolute atomic E-state index is 12.5. The third-order valence-corrected chi connectivity index (χ3v) is 3.68. The summed E-state index contributed by atoms with van der Waals surface area (Å²) in [4.78, 5) is 18.3. The molecule has 1 amide bonds. The van der Waals surface area contributed by atoms with Crippen molar-refractivity contribution in [3.05, 3.63) is 29.6 Å². The van der Waals surface area contributed by atoms with Crippen LogP contribution < -0.4 is 0 Å². The first-order valence-electron chi connectivity index (χ1n) is 6.42. The maximum atomic E-state index is 12.5. The molecule has 0 bridgehead atoms. The number of rotatable bonds is 5. The molecule has 0 saturated carbocycles. The van der Waals surface area contributed by atoms with Gasteiger partial charge in [0.05, 0.1) is 5.56 Å². The number of aromatic nitrogens is 1. The second kappa shape index (κ2) is 8.62. The average molecular weight is 292 g/mol. The molecule has 0 fully saturated rings. The lowest BCUT2D eigenvalue weighted by molar-refractivity contribution is 0.0735. The number of hydrogen-bond donors (Lipinski definition) is 1. The SMILES string of the molecule is CSCCC(C)N(C)C(=O)c1ncccc1C#CCO. The fraction of sp³-hybridized carbons (Fsp3) is 0.467. The lowest BCUT2D eigenvalue weighted by Gasteiger charge is -2.24. The van der Waals surface area contributed by atoms with Gasteiger partial charge >= 0.3 is 0 Å². The van der Waals surface area contributed by atoms with Gasteiger partial charge < -0.3 is 10.0 Å². The van der Waals surface area contributed by atoms with E-state index in [0.717, 1.165) is 12.2 Å². The molecule has 1 N–H and O–H groups in total. The Bertz CT molecular complexity index is 508. The minimum absolute atomic E-state index is 0.138. The van der Waals surface area contributed by atoms with Gasteiger partial charge in [0.1, 0.15) is 12.3 Å². The van der Waals surface area contributed by atoms with Gasteiger partial charge in [-0.25, -0.2) is 4.98 Å². The molecule has 20 heavy (non-hydrogen) atoms. The van der Waals surface area contributed by atoms with E-state index in [4.69, 9.17) is 5.11 Å². The lowest BCUT2D eigenvalue weighted by Crippen LogP contribution is -2.36. The number of pyridine rings is 1. The molecule has 1 aromatic heterocycles. The molecule has 1 heterocycles. The Balaban J connectivity index is 2.91. The molecule has 1 unspecified atom stereocenters. The normalized spacial score (nSPS) is 11.4. The minimum atomic E-state index is -0.234. The summed E-state index contributed by atoms with van der Waals surface area (Å²) in [7, 11) is 1.78. The van der Waals surface area contributed by atoms with Crippen molar-refractivity contribution in [3.63, 3.8) is 0 Å². The van der Waals surface area contributed by atoms with E-state index in [9.17, 15) is 4.79 Å². The van der Waals surface area contributed by atoms with E-state index in [2.05, 4.69) is 23.1 Å². The van der Waals surface area contributed by atoms with Gasteiger partial charge in [0, 0.05) is 19.3 Å². The van der Waals surface area contributed by atoms with Crippen LogP contribution in [0, 0.1) is 11.8 Å². The van der Waals surface area contributed by atoms with Crippen molar-refractivity contribution in [2.75, 3.05) is 25.7 Å². The molecule has 108 valence electrons. The molecule has 0 aromatic carbocycles. The summed E-state index contributed by atoms with van der Waals surface area (Å²) < 4.78 is 0. The van der Waals surface area contributed by atoms with Gasteiger partial charge in [-0.3, -0.25) is 4.79 Å². The molecule has 1 rings (SSSR count). The molecule has 0 radical (unpaired) electrons. The van der Waals surface area contributed by atoms with E-state index >= 15 is 0 Å². The summed E-state index contributed by atoms with van der Waals surface area (Å²) in [5, 5.41) is 8.76. The van der Waals surface area contributed by atoms with Crippen LogP contribution in [-0.2, 0) is 0 Å². The third-order valence-electron chi connectivity index (χ3n) is 3.03. The first-order valence-corrected chi connectivity index (χ1v) is 7.82. The number of carbonyl (C=O) groups excluding carboxylic acids is 1. The molecule has 0 aliphatic rings. The van der Waals surface area contributed by atoms with Crippen LogP contribution in [0.1, 0.15) is 29.4 Å². The van der Waals surface area contributed by atoms with Crippen molar-refractivity contribution >= 4 is 17.7 Å². The number of nitrogens with zero attached hydrogens (tertiary/aromatic N) is 2. The van der Waals surface area contributed by atoms with Crippen molar-refractivity contribution in [1.82, 2.24) is 9.88 Å². The zero-order valence-corrected chi connectivity index (χ0v) is 12.9. The minimum Gasteiger partial charge on any atom is -0.384 e. The fourth-order valence-corrected chi connectivity index (χ4v) is 2.24. The molecule has 4 nitrogen and oxygen atoms in total. The average Bonchev–Trinajstić information content (AvgIpc) is 2.49. The van der Waals surface area contributed by atoms with Crippen LogP contribution in [0.15, 0.2) is 18.3 Å². The summed E-state index contributed by atoms with van der Waals surface area (Å²) in [6.45, 7) is 1.79. The number of hydrogen-bond acceptors (Lipinski definition) is 4. The van der Waals surface area contributed by atoms with E-state index in [-0.39, 0.29) is 18.6 Å². The molecule has 5 heteroatoms. The number of aliphatic hydroxyl groups is 1. The zero-order chi connectivity index (χ0) is 15.0. The van der Waals surface area contributed by atoms with E-state index in [1.54, 1.807) is 42.0 Å². The summed E-state index contributed by atoms with van der Waals surface area (Å²) in [5.41, 5.74) is 0.891. The van der Waals surface area contributed by atoms with E-state index in [0.29, 0.717) is 11.3 Å². The Kier molecular flexibility index (Phi) is 7.13. The topological polar surface area (TPSA) is 53.4 Å². The smallest absolute Gasteiger partial charge is 0.273 e. The van der Waals surface area contributed by atoms with Gasteiger partial charge in [0.15, 0.2) is 0 Å². The summed E-state index contributed by atoms with van der Waals surface area (Å²) in [6, 6.07) is 3.62. The highest BCUT2D eigenvalue weighted by Gasteiger charge is 2.20. The Morgan fingerprint density at radius 3 is 3.00 bits per heavy atom. The van der Waals surface area contributed by atoms with Crippen molar-refractivity contribution < 1.29 is 9.90 Å². The second-order valence-electron chi connectivity index (χ2n) is 4.41. The summed E-state index contributed by atoms with van der Waals surface area (Å²) in [6.07, 6.45) is 4.57. The van der Waals surface area contributed by atoms with Gasteiger partial charge in [-0.1, -0.05) is 11.8 Å². The van der Waals surface area contributed by atoms with Crippen molar-refractivity contribution in [2.45, 2.75) is 19.4 Å². The molecular weight excluding hydrogens is 272 g/mol. The number of thioether (sulfide) groups is 1. The molecule has 0 aliphatic carbocycles.